The Morgan fingerprint density at radius 1 is 1.20 bits per heavy atom. The maximum absolute atomic E-state index is 13.2. The quantitative estimate of drug-likeness (QED) is 0.918. The molecule has 0 unspecified atom stereocenters. The zero-order valence-electron chi connectivity index (χ0n) is 12.2. The van der Waals surface area contributed by atoms with E-state index in [9.17, 15) is 13.9 Å². The molecule has 1 fully saturated rings. The van der Waals surface area contributed by atoms with Gasteiger partial charge in [-0.3, -0.25) is 0 Å². The lowest BCUT2D eigenvalue weighted by atomic mass is 9.85. The smallest absolute Gasteiger partial charge is 0.159 e. The number of aliphatic hydroxyl groups is 1. The molecule has 0 spiro atoms. The first kappa shape index (κ1) is 15.4. The molecule has 1 saturated heterocycles. The van der Waals surface area contributed by atoms with Gasteiger partial charge in [0, 0.05) is 26.1 Å². The lowest BCUT2D eigenvalue weighted by Crippen LogP contribution is -2.46. The number of piperidine rings is 1. The van der Waals surface area contributed by atoms with Crippen LogP contribution in [-0.4, -0.2) is 35.2 Å². The number of hydrogen-bond acceptors (Lipinski definition) is 2. The summed E-state index contributed by atoms with van der Waals surface area (Å²) in [6, 6.07) is 3.87. The van der Waals surface area contributed by atoms with Crippen LogP contribution in [0.4, 0.5) is 8.78 Å². The Morgan fingerprint density at radius 3 is 2.40 bits per heavy atom. The summed E-state index contributed by atoms with van der Waals surface area (Å²) in [5.74, 6) is -1.07. The minimum absolute atomic E-state index is 0.389. The standard InChI is InChI=1S/C16H23F2NO/c1-12(2)11-19-7-5-16(20,6-8-19)10-13-3-4-14(17)15(18)9-13/h3-4,9,12,20H,5-8,10-11H2,1-2H3. The summed E-state index contributed by atoms with van der Waals surface area (Å²) >= 11 is 0. The van der Waals surface area contributed by atoms with E-state index >= 15 is 0 Å². The molecule has 1 aliphatic rings. The van der Waals surface area contributed by atoms with Gasteiger partial charge >= 0.3 is 0 Å². The highest BCUT2D eigenvalue weighted by atomic mass is 19.2. The molecule has 1 heterocycles. The van der Waals surface area contributed by atoms with Crippen molar-refractivity contribution in [2.24, 2.45) is 5.92 Å². The fraction of sp³-hybridized carbons (Fsp3) is 0.625. The van der Waals surface area contributed by atoms with Gasteiger partial charge in [-0.2, -0.15) is 0 Å². The summed E-state index contributed by atoms with van der Waals surface area (Å²) < 4.78 is 26.1. The van der Waals surface area contributed by atoms with Gasteiger partial charge in [-0.1, -0.05) is 19.9 Å². The maximum atomic E-state index is 13.2. The van der Waals surface area contributed by atoms with Crippen molar-refractivity contribution in [2.75, 3.05) is 19.6 Å². The van der Waals surface area contributed by atoms with Crippen molar-refractivity contribution in [3.05, 3.63) is 35.4 Å². The fourth-order valence-electron chi connectivity index (χ4n) is 2.87. The number of halogens is 2. The Morgan fingerprint density at radius 2 is 1.85 bits per heavy atom. The van der Waals surface area contributed by atoms with Crippen LogP contribution in [0.2, 0.25) is 0 Å². The second-order valence-corrected chi connectivity index (χ2v) is 6.34. The first-order valence-electron chi connectivity index (χ1n) is 7.27. The van der Waals surface area contributed by atoms with E-state index in [4.69, 9.17) is 0 Å². The SMILES string of the molecule is CC(C)CN1CCC(O)(Cc2ccc(F)c(F)c2)CC1. The zero-order valence-corrected chi connectivity index (χ0v) is 12.2. The normalized spacial score (nSPS) is 19.5. The topological polar surface area (TPSA) is 23.5 Å². The van der Waals surface area contributed by atoms with Crippen molar-refractivity contribution in [2.45, 2.75) is 38.7 Å². The molecular weight excluding hydrogens is 260 g/mol. The van der Waals surface area contributed by atoms with Crippen LogP contribution in [0, 0.1) is 17.6 Å². The van der Waals surface area contributed by atoms with Gasteiger partial charge in [0.05, 0.1) is 5.60 Å². The Bertz CT molecular complexity index is 454. The van der Waals surface area contributed by atoms with E-state index in [1.807, 2.05) is 0 Å². The molecule has 1 N–H and O–H groups in total. The summed E-state index contributed by atoms with van der Waals surface area (Å²) in [6.07, 6.45) is 1.75. The highest BCUT2D eigenvalue weighted by Gasteiger charge is 2.32. The first-order valence-corrected chi connectivity index (χ1v) is 7.27. The molecule has 2 rings (SSSR count). The van der Waals surface area contributed by atoms with E-state index in [0.717, 1.165) is 25.7 Å². The van der Waals surface area contributed by atoms with Crippen LogP contribution >= 0.6 is 0 Å². The molecule has 0 saturated carbocycles. The molecule has 0 aromatic heterocycles. The van der Waals surface area contributed by atoms with Gasteiger partial charge in [-0.25, -0.2) is 8.78 Å². The number of benzene rings is 1. The monoisotopic (exact) mass is 283 g/mol. The zero-order chi connectivity index (χ0) is 14.8. The fourth-order valence-corrected chi connectivity index (χ4v) is 2.87. The van der Waals surface area contributed by atoms with E-state index in [1.165, 1.54) is 6.07 Å². The Balaban J connectivity index is 1.94. The van der Waals surface area contributed by atoms with Gasteiger partial charge in [0.25, 0.3) is 0 Å². The average molecular weight is 283 g/mol. The molecule has 0 bridgehead atoms. The summed E-state index contributed by atoms with van der Waals surface area (Å²) in [4.78, 5) is 2.35. The van der Waals surface area contributed by atoms with E-state index in [0.29, 0.717) is 30.7 Å². The molecule has 4 heteroatoms. The maximum Gasteiger partial charge on any atom is 0.159 e. The Hall–Kier alpha value is -1.00. The van der Waals surface area contributed by atoms with Crippen LogP contribution in [0.3, 0.4) is 0 Å². The third kappa shape index (κ3) is 4.00. The van der Waals surface area contributed by atoms with Crippen LogP contribution < -0.4 is 0 Å². The first-order chi connectivity index (χ1) is 9.38. The number of hydrogen-bond donors (Lipinski definition) is 1. The minimum Gasteiger partial charge on any atom is -0.389 e. The van der Waals surface area contributed by atoms with Crippen molar-refractivity contribution >= 4 is 0 Å². The van der Waals surface area contributed by atoms with Crippen molar-refractivity contribution in [1.82, 2.24) is 4.90 Å². The highest BCUT2D eigenvalue weighted by molar-refractivity contribution is 5.20. The van der Waals surface area contributed by atoms with Gasteiger partial charge in [0.15, 0.2) is 11.6 Å². The minimum atomic E-state index is -0.844. The second kappa shape index (κ2) is 6.19. The lowest BCUT2D eigenvalue weighted by molar-refractivity contribution is -0.0227. The molecule has 0 amide bonds. The predicted molar refractivity (Wildman–Crippen MR) is 75.5 cm³/mol. The van der Waals surface area contributed by atoms with Crippen LogP contribution in [0.15, 0.2) is 18.2 Å². The summed E-state index contributed by atoms with van der Waals surface area (Å²) in [6.45, 7) is 7.13. The second-order valence-electron chi connectivity index (χ2n) is 6.34. The van der Waals surface area contributed by atoms with Crippen molar-refractivity contribution < 1.29 is 13.9 Å². The molecule has 0 aliphatic carbocycles. The van der Waals surface area contributed by atoms with Crippen LogP contribution in [0.1, 0.15) is 32.3 Å². The third-order valence-electron chi connectivity index (χ3n) is 3.93. The van der Waals surface area contributed by atoms with E-state index < -0.39 is 17.2 Å². The Kier molecular flexibility index (Phi) is 4.76. The Labute approximate surface area is 119 Å². The molecule has 112 valence electrons. The molecule has 1 aromatic rings. The van der Waals surface area contributed by atoms with Crippen LogP contribution in [0.25, 0.3) is 0 Å². The predicted octanol–water partition coefficient (Wildman–Crippen LogP) is 2.99. The molecule has 1 aliphatic heterocycles. The van der Waals surface area contributed by atoms with Gasteiger partial charge in [-0.15, -0.1) is 0 Å². The van der Waals surface area contributed by atoms with Gasteiger partial charge in [-0.05, 0) is 36.5 Å². The van der Waals surface area contributed by atoms with Crippen molar-refractivity contribution in [3.63, 3.8) is 0 Å². The molecule has 2 nitrogen and oxygen atoms in total. The number of rotatable bonds is 4. The van der Waals surface area contributed by atoms with Crippen LogP contribution in [0.5, 0.6) is 0 Å². The average Bonchev–Trinajstić information content (AvgIpc) is 2.36. The highest BCUT2D eigenvalue weighted by Crippen LogP contribution is 2.27. The summed E-state index contributed by atoms with van der Waals surface area (Å²) in [5.41, 5.74) is -0.138. The largest absolute Gasteiger partial charge is 0.389 e. The molecular formula is C16H23F2NO. The number of nitrogens with zero attached hydrogens (tertiary/aromatic N) is 1. The van der Waals surface area contributed by atoms with E-state index in [-0.39, 0.29) is 0 Å². The van der Waals surface area contributed by atoms with E-state index in [2.05, 4.69) is 18.7 Å². The summed E-state index contributed by atoms with van der Waals surface area (Å²) in [5, 5.41) is 10.6. The van der Waals surface area contributed by atoms with Gasteiger partial charge < -0.3 is 10.0 Å². The van der Waals surface area contributed by atoms with Crippen molar-refractivity contribution in [3.8, 4) is 0 Å². The van der Waals surface area contributed by atoms with E-state index in [1.54, 1.807) is 6.07 Å². The van der Waals surface area contributed by atoms with Crippen molar-refractivity contribution in [1.29, 1.82) is 0 Å². The molecule has 0 radical (unpaired) electrons. The third-order valence-corrected chi connectivity index (χ3v) is 3.93. The molecule has 1 aromatic carbocycles. The van der Waals surface area contributed by atoms with Crippen LogP contribution in [-0.2, 0) is 6.42 Å². The number of likely N-dealkylation sites (tertiary alicyclic amines) is 1. The van der Waals surface area contributed by atoms with Gasteiger partial charge in [0.2, 0.25) is 0 Å². The van der Waals surface area contributed by atoms with Gasteiger partial charge in [0.1, 0.15) is 0 Å². The molecule has 0 atom stereocenters. The lowest BCUT2D eigenvalue weighted by Gasteiger charge is -2.39. The molecule has 20 heavy (non-hydrogen) atoms. The summed E-state index contributed by atoms with van der Waals surface area (Å²) in [7, 11) is 0.